The average molecular weight is 192 g/mol. The van der Waals surface area contributed by atoms with Crippen LogP contribution < -0.4 is 0 Å². The van der Waals surface area contributed by atoms with E-state index in [1.165, 1.54) is 6.92 Å². The highest BCUT2D eigenvalue weighted by Gasteiger charge is 2.34. The van der Waals surface area contributed by atoms with E-state index >= 15 is 0 Å². The van der Waals surface area contributed by atoms with Gasteiger partial charge in [-0.25, -0.2) is 4.79 Å². The van der Waals surface area contributed by atoms with Crippen molar-refractivity contribution in [2.75, 3.05) is 26.4 Å². The van der Waals surface area contributed by atoms with Crippen molar-refractivity contribution in [3.63, 3.8) is 0 Å². The van der Waals surface area contributed by atoms with Gasteiger partial charge in [-0.05, 0) is 13.8 Å². The summed E-state index contributed by atoms with van der Waals surface area (Å²) in [6.07, 6.45) is 0. The van der Waals surface area contributed by atoms with Crippen molar-refractivity contribution in [2.45, 2.75) is 19.4 Å². The number of rotatable bonds is 7. The molecule has 0 aliphatic carbocycles. The summed E-state index contributed by atoms with van der Waals surface area (Å²) in [6.45, 7) is 3.41. The first-order valence-corrected chi connectivity index (χ1v) is 4.12. The number of carbonyl (C=O) groups is 1. The molecule has 1 atom stereocenters. The predicted molar refractivity (Wildman–Crippen MR) is 45.6 cm³/mol. The summed E-state index contributed by atoms with van der Waals surface area (Å²) >= 11 is 0. The first-order valence-electron chi connectivity index (χ1n) is 4.12. The Morgan fingerprint density at radius 1 is 1.54 bits per heavy atom. The summed E-state index contributed by atoms with van der Waals surface area (Å²) in [5, 5.41) is 17.3. The van der Waals surface area contributed by atoms with Gasteiger partial charge in [0.15, 0.2) is 5.60 Å². The quantitative estimate of drug-likeness (QED) is 0.588. The van der Waals surface area contributed by atoms with Gasteiger partial charge in [0.2, 0.25) is 0 Å². The summed E-state index contributed by atoms with van der Waals surface area (Å²) in [5.74, 6) is -1.09. The van der Waals surface area contributed by atoms with Crippen LogP contribution in [0.3, 0.4) is 0 Å². The van der Waals surface area contributed by atoms with Crippen molar-refractivity contribution in [3.05, 3.63) is 0 Å². The zero-order valence-corrected chi connectivity index (χ0v) is 7.95. The fraction of sp³-hybridized carbons (Fsp3) is 0.875. The standard InChI is InChI=1S/C8H16O5/c1-3-12-6-8(2,7(10)11)13-5-4-9/h9H,3-6H2,1-2H3,(H,10,11). The van der Waals surface area contributed by atoms with Crippen molar-refractivity contribution in [3.8, 4) is 0 Å². The number of hydrogen-bond acceptors (Lipinski definition) is 4. The SMILES string of the molecule is CCOCC(C)(OCCO)C(=O)O. The monoisotopic (exact) mass is 192 g/mol. The number of ether oxygens (including phenoxy) is 2. The van der Waals surface area contributed by atoms with E-state index < -0.39 is 11.6 Å². The normalized spacial score (nSPS) is 15.3. The van der Waals surface area contributed by atoms with Gasteiger partial charge in [0.1, 0.15) is 0 Å². The van der Waals surface area contributed by atoms with E-state index in [0.717, 1.165) is 0 Å². The number of aliphatic hydroxyl groups is 1. The van der Waals surface area contributed by atoms with Crippen molar-refractivity contribution < 1.29 is 24.5 Å². The minimum absolute atomic E-state index is 0.00409. The second-order valence-electron chi connectivity index (χ2n) is 2.75. The molecule has 0 aromatic carbocycles. The minimum Gasteiger partial charge on any atom is -0.479 e. The van der Waals surface area contributed by atoms with E-state index in [1.54, 1.807) is 6.92 Å². The topological polar surface area (TPSA) is 76.0 Å². The van der Waals surface area contributed by atoms with Crippen LogP contribution in [0.15, 0.2) is 0 Å². The van der Waals surface area contributed by atoms with Gasteiger partial charge in [-0.1, -0.05) is 0 Å². The highest BCUT2D eigenvalue weighted by molar-refractivity contribution is 5.77. The molecule has 0 saturated heterocycles. The fourth-order valence-corrected chi connectivity index (χ4v) is 0.733. The molecule has 0 rings (SSSR count). The van der Waals surface area contributed by atoms with E-state index in [0.29, 0.717) is 6.61 Å². The van der Waals surface area contributed by atoms with Crippen LogP contribution in [0.25, 0.3) is 0 Å². The Balaban J connectivity index is 4.08. The molecule has 0 aliphatic rings. The summed E-state index contributed by atoms with van der Waals surface area (Å²) in [7, 11) is 0. The molecule has 0 aromatic heterocycles. The first kappa shape index (κ1) is 12.3. The van der Waals surface area contributed by atoms with Crippen LogP contribution in [0.4, 0.5) is 0 Å². The molecular weight excluding hydrogens is 176 g/mol. The third-order valence-electron chi connectivity index (χ3n) is 1.55. The Labute approximate surface area is 77.3 Å². The van der Waals surface area contributed by atoms with Gasteiger partial charge in [0, 0.05) is 6.61 Å². The molecule has 78 valence electrons. The predicted octanol–water partition coefficient (Wildman–Crippen LogP) is -0.125. The Hall–Kier alpha value is -0.650. The summed E-state index contributed by atoms with van der Waals surface area (Å²) in [5.41, 5.74) is -1.36. The van der Waals surface area contributed by atoms with E-state index in [9.17, 15) is 4.79 Å². The molecule has 5 nitrogen and oxygen atoms in total. The Morgan fingerprint density at radius 3 is 2.54 bits per heavy atom. The van der Waals surface area contributed by atoms with Gasteiger partial charge in [0.05, 0.1) is 19.8 Å². The van der Waals surface area contributed by atoms with E-state index in [1.807, 2.05) is 0 Å². The van der Waals surface area contributed by atoms with Gasteiger partial charge in [-0.3, -0.25) is 0 Å². The van der Waals surface area contributed by atoms with Gasteiger partial charge in [0.25, 0.3) is 0 Å². The lowest BCUT2D eigenvalue weighted by Crippen LogP contribution is -2.43. The van der Waals surface area contributed by atoms with E-state index in [-0.39, 0.29) is 19.8 Å². The molecule has 13 heavy (non-hydrogen) atoms. The molecule has 2 N–H and O–H groups in total. The van der Waals surface area contributed by atoms with Crippen molar-refractivity contribution in [2.24, 2.45) is 0 Å². The number of carboxylic acids is 1. The molecule has 0 amide bonds. The van der Waals surface area contributed by atoms with Crippen LogP contribution in [0.2, 0.25) is 0 Å². The van der Waals surface area contributed by atoms with Gasteiger partial charge < -0.3 is 19.7 Å². The molecule has 0 aliphatic heterocycles. The fourth-order valence-electron chi connectivity index (χ4n) is 0.733. The van der Waals surface area contributed by atoms with E-state index in [4.69, 9.17) is 19.7 Å². The maximum atomic E-state index is 10.7. The highest BCUT2D eigenvalue weighted by Crippen LogP contribution is 2.11. The first-order chi connectivity index (χ1) is 6.06. The van der Waals surface area contributed by atoms with Gasteiger partial charge >= 0.3 is 5.97 Å². The summed E-state index contributed by atoms with van der Waals surface area (Å²) < 4.78 is 9.94. The maximum Gasteiger partial charge on any atom is 0.338 e. The summed E-state index contributed by atoms with van der Waals surface area (Å²) in [4.78, 5) is 10.7. The second-order valence-corrected chi connectivity index (χ2v) is 2.75. The zero-order valence-electron chi connectivity index (χ0n) is 7.95. The molecule has 0 bridgehead atoms. The smallest absolute Gasteiger partial charge is 0.338 e. The maximum absolute atomic E-state index is 10.7. The second kappa shape index (κ2) is 5.90. The van der Waals surface area contributed by atoms with Gasteiger partial charge in [-0.15, -0.1) is 0 Å². The Bertz CT molecular complexity index is 149. The minimum atomic E-state index is -1.36. The molecule has 0 spiro atoms. The van der Waals surface area contributed by atoms with Crippen LogP contribution in [0, 0.1) is 0 Å². The van der Waals surface area contributed by atoms with Crippen LogP contribution in [0.5, 0.6) is 0 Å². The molecule has 0 fully saturated rings. The molecular formula is C8H16O5. The van der Waals surface area contributed by atoms with Gasteiger partial charge in [-0.2, -0.15) is 0 Å². The lowest BCUT2D eigenvalue weighted by atomic mass is 10.1. The zero-order chi connectivity index (χ0) is 10.3. The van der Waals surface area contributed by atoms with Crippen molar-refractivity contribution in [1.29, 1.82) is 0 Å². The number of carboxylic acid groups (broad SMARTS) is 1. The number of aliphatic carboxylic acids is 1. The van der Waals surface area contributed by atoms with Crippen LogP contribution in [0.1, 0.15) is 13.8 Å². The number of aliphatic hydroxyl groups excluding tert-OH is 1. The molecule has 5 heteroatoms. The molecule has 0 heterocycles. The number of hydrogen-bond donors (Lipinski definition) is 2. The average Bonchev–Trinajstić information content (AvgIpc) is 2.11. The van der Waals surface area contributed by atoms with Crippen LogP contribution >= 0.6 is 0 Å². The molecule has 1 unspecified atom stereocenters. The Morgan fingerprint density at radius 2 is 2.15 bits per heavy atom. The summed E-state index contributed by atoms with van der Waals surface area (Å²) in [6, 6.07) is 0. The van der Waals surface area contributed by atoms with Crippen LogP contribution in [-0.4, -0.2) is 48.2 Å². The van der Waals surface area contributed by atoms with Crippen LogP contribution in [-0.2, 0) is 14.3 Å². The third-order valence-corrected chi connectivity index (χ3v) is 1.55. The molecule has 0 aromatic rings. The lowest BCUT2D eigenvalue weighted by Gasteiger charge is -2.24. The molecule has 0 radical (unpaired) electrons. The van der Waals surface area contributed by atoms with Crippen molar-refractivity contribution in [1.82, 2.24) is 0 Å². The van der Waals surface area contributed by atoms with Crippen molar-refractivity contribution >= 4 is 5.97 Å². The largest absolute Gasteiger partial charge is 0.479 e. The lowest BCUT2D eigenvalue weighted by molar-refractivity contribution is -0.172. The Kier molecular flexibility index (Phi) is 5.61. The molecule has 0 saturated carbocycles. The highest BCUT2D eigenvalue weighted by atomic mass is 16.6. The van der Waals surface area contributed by atoms with E-state index in [2.05, 4.69) is 0 Å². The third kappa shape index (κ3) is 4.21.